The number of rotatable bonds is 12. The van der Waals surface area contributed by atoms with Crippen molar-refractivity contribution in [3.05, 3.63) is 97.6 Å². The summed E-state index contributed by atoms with van der Waals surface area (Å²) in [5.41, 5.74) is 11.7. The summed E-state index contributed by atoms with van der Waals surface area (Å²) in [7, 11) is -3.33. The van der Waals surface area contributed by atoms with Crippen LogP contribution in [-0.4, -0.2) is 95.9 Å². The molecule has 1 saturated carbocycles. The van der Waals surface area contributed by atoms with Gasteiger partial charge >= 0.3 is 6.09 Å². The van der Waals surface area contributed by atoms with Crippen LogP contribution in [-0.2, 0) is 29.1 Å². The first-order valence-electron chi connectivity index (χ1n) is 18.3. The van der Waals surface area contributed by atoms with Gasteiger partial charge in [0.05, 0.1) is 29.8 Å². The van der Waals surface area contributed by atoms with Gasteiger partial charge in [0.25, 0.3) is 21.8 Å². The van der Waals surface area contributed by atoms with Crippen molar-refractivity contribution in [2.24, 2.45) is 17.4 Å². The smallest absolute Gasteiger partial charge is 0.408 e. The lowest BCUT2D eigenvalue weighted by Crippen LogP contribution is -2.59. The maximum absolute atomic E-state index is 14.9. The minimum atomic E-state index is -4.87. The molecular formula is C41H46N6O9S. The van der Waals surface area contributed by atoms with Gasteiger partial charge < -0.3 is 35.9 Å². The molecule has 57 heavy (non-hydrogen) atoms. The molecule has 6 rings (SSSR count). The van der Waals surface area contributed by atoms with Gasteiger partial charge in [-0.3, -0.25) is 14.4 Å². The van der Waals surface area contributed by atoms with Crippen LogP contribution in [0.3, 0.4) is 0 Å². The molecule has 4 amide bonds. The number of sulfonamides is 1. The zero-order chi connectivity index (χ0) is 41.3. The monoisotopic (exact) mass is 798 g/mol. The Morgan fingerprint density at radius 3 is 2.32 bits per heavy atom. The summed E-state index contributed by atoms with van der Waals surface area (Å²) >= 11 is 0. The van der Waals surface area contributed by atoms with E-state index >= 15 is 0 Å². The van der Waals surface area contributed by atoms with E-state index in [1.54, 1.807) is 51.1 Å². The molecule has 0 spiro atoms. The number of ether oxygens (including phenoxy) is 3. The molecule has 5 atom stereocenters. The second-order valence-electron chi connectivity index (χ2n) is 15.0. The summed E-state index contributed by atoms with van der Waals surface area (Å²) in [6.45, 7) is 7.96. The number of aromatic nitrogens is 1. The molecule has 1 saturated heterocycles. The SMILES string of the molecule is C=C[C@@H]1C[C@]1(N)C(=O)N(C(=O)[C@@H]1CC(Oc2cc(-c3ccccc3)nc3cc(OC)ccc23)CN1C(=O)[C@H](CN)NC(=O)OC(C)(C)C)S(=O)(=O)c1ccccc1. The van der Waals surface area contributed by atoms with Crippen LogP contribution in [0.15, 0.2) is 102 Å². The number of carbonyl (C=O) groups excluding carboxylic acids is 4. The van der Waals surface area contributed by atoms with E-state index in [0.717, 1.165) is 10.5 Å². The average Bonchev–Trinajstić information content (AvgIpc) is 3.70. The number of alkyl carbamates (subject to hydrolysis) is 1. The van der Waals surface area contributed by atoms with Crippen molar-refractivity contribution in [3.8, 4) is 22.8 Å². The van der Waals surface area contributed by atoms with Crippen LogP contribution in [0.5, 0.6) is 11.5 Å². The number of pyridine rings is 1. The highest BCUT2D eigenvalue weighted by atomic mass is 32.2. The zero-order valence-electron chi connectivity index (χ0n) is 32.1. The normalized spacial score (nSPS) is 20.9. The van der Waals surface area contributed by atoms with Gasteiger partial charge in [0.1, 0.15) is 40.8 Å². The largest absolute Gasteiger partial charge is 0.497 e. The lowest BCUT2D eigenvalue weighted by atomic mass is 10.1. The fraction of sp³-hybridized carbons (Fsp3) is 0.341. The van der Waals surface area contributed by atoms with Gasteiger partial charge in [-0.1, -0.05) is 54.6 Å². The fourth-order valence-electron chi connectivity index (χ4n) is 6.76. The first-order valence-corrected chi connectivity index (χ1v) is 19.8. The van der Waals surface area contributed by atoms with Crippen molar-refractivity contribution in [1.29, 1.82) is 0 Å². The Labute approximate surface area is 331 Å². The maximum Gasteiger partial charge on any atom is 0.408 e. The molecular weight excluding hydrogens is 753 g/mol. The molecule has 1 aliphatic heterocycles. The van der Waals surface area contributed by atoms with Gasteiger partial charge in [-0.2, -0.15) is 4.31 Å². The molecule has 300 valence electrons. The average molecular weight is 799 g/mol. The van der Waals surface area contributed by atoms with Gasteiger partial charge in [0, 0.05) is 42.0 Å². The molecule has 4 aromatic rings. The summed E-state index contributed by atoms with van der Waals surface area (Å²) in [5.74, 6) is -2.92. The summed E-state index contributed by atoms with van der Waals surface area (Å²) in [6, 6.07) is 20.3. The van der Waals surface area contributed by atoms with E-state index in [0.29, 0.717) is 28.1 Å². The predicted molar refractivity (Wildman–Crippen MR) is 211 cm³/mol. The van der Waals surface area contributed by atoms with Crippen LogP contribution in [0, 0.1) is 5.92 Å². The number of nitrogens with one attached hydrogen (secondary N) is 1. The highest BCUT2D eigenvalue weighted by Gasteiger charge is 2.61. The summed E-state index contributed by atoms with van der Waals surface area (Å²) < 4.78 is 46.1. The molecule has 1 aromatic heterocycles. The van der Waals surface area contributed by atoms with Gasteiger partial charge in [-0.05, 0) is 51.5 Å². The van der Waals surface area contributed by atoms with Crippen LogP contribution in [0.25, 0.3) is 22.2 Å². The summed E-state index contributed by atoms with van der Waals surface area (Å²) in [4.78, 5) is 61.9. The van der Waals surface area contributed by atoms with E-state index in [9.17, 15) is 27.6 Å². The molecule has 1 unspecified atom stereocenters. The van der Waals surface area contributed by atoms with Crippen LogP contribution >= 0.6 is 0 Å². The van der Waals surface area contributed by atoms with Gasteiger partial charge in [-0.25, -0.2) is 18.2 Å². The van der Waals surface area contributed by atoms with E-state index in [1.807, 2.05) is 30.3 Å². The van der Waals surface area contributed by atoms with Gasteiger partial charge in [0.2, 0.25) is 5.91 Å². The molecule has 2 aliphatic rings. The Hall–Kier alpha value is -5.84. The standard InChI is InChI=1S/C41H46N6O9S/c1-6-26-22-41(26,43)38(50)47(57(52,53)29-15-11-8-12-16-29)37(49)34-20-28(24-46(34)36(48)33(23-42)45-39(51)56-40(2,3)4)55-35-21-31(25-13-9-7-10-14-25)44-32-19-27(54-5)17-18-30(32)35/h6-19,21,26,28,33-34H,1,20,22-24,42-43H2,2-5H3,(H,45,51)/t26-,28?,33+,34+,41-/m1/s1. The topological polar surface area (TPSA) is 214 Å². The zero-order valence-corrected chi connectivity index (χ0v) is 32.9. The molecule has 3 aromatic carbocycles. The summed E-state index contributed by atoms with van der Waals surface area (Å²) in [5, 5.41) is 3.05. The fourth-order valence-corrected chi connectivity index (χ4v) is 8.22. The molecule has 5 N–H and O–H groups in total. The van der Waals surface area contributed by atoms with E-state index in [-0.39, 0.29) is 28.6 Å². The Morgan fingerprint density at radius 1 is 1.05 bits per heavy atom. The minimum Gasteiger partial charge on any atom is -0.497 e. The van der Waals surface area contributed by atoms with Crippen molar-refractivity contribution >= 4 is 44.7 Å². The lowest BCUT2D eigenvalue weighted by molar-refractivity contribution is -0.147. The number of fused-ring (bicyclic) bond motifs is 1. The Kier molecular flexibility index (Phi) is 11.4. The number of benzene rings is 3. The van der Waals surface area contributed by atoms with E-state index in [1.165, 1.54) is 37.5 Å². The third-order valence-electron chi connectivity index (χ3n) is 9.81. The Bertz CT molecular complexity index is 2300. The number of amides is 4. The third kappa shape index (κ3) is 8.48. The van der Waals surface area contributed by atoms with Crippen molar-refractivity contribution in [2.75, 3.05) is 20.2 Å². The predicted octanol–water partition coefficient (Wildman–Crippen LogP) is 3.76. The highest BCUT2D eigenvalue weighted by molar-refractivity contribution is 7.90. The van der Waals surface area contributed by atoms with E-state index in [2.05, 4.69) is 11.9 Å². The van der Waals surface area contributed by atoms with E-state index in [4.69, 9.17) is 30.7 Å². The molecule has 15 nitrogen and oxygen atoms in total. The molecule has 0 radical (unpaired) electrons. The molecule has 2 fully saturated rings. The molecule has 16 heteroatoms. The summed E-state index contributed by atoms with van der Waals surface area (Å²) in [6.07, 6.45) is -0.653. The van der Waals surface area contributed by atoms with Crippen LogP contribution < -0.4 is 26.3 Å². The van der Waals surface area contributed by atoms with E-state index < -0.39 is 75.6 Å². The Balaban J connectivity index is 1.42. The van der Waals surface area contributed by atoms with Gasteiger partial charge in [-0.15, -0.1) is 6.58 Å². The minimum absolute atomic E-state index is 0.0567. The van der Waals surface area contributed by atoms with Gasteiger partial charge in [0.15, 0.2) is 0 Å². The first kappa shape index (κ1) is 40.8. The second-order valence-corrected chi connectivity index (χ2v) is 16.8. The molecule has 2 heterocycles. The lowest BCUT2D eigenvalue weighted by Gasteiger charge is -2.32. The molecule has 0 bridgehead atoms. The third-order valence-corrected chi connectivity index (χ3v) is 11.5. The van der Waals surface area contributed by atoms with Crippen molar-refractivity contribution in [2.45, 2.75) is 67.8 Å². The number of carbonyl (C=O) groups is 4. The number of nitrogens with zero attached hydrogens (tertiary/aromatic N) is 3. The van der Waals surface area contributed by atoms with Crippen LogP contribution in [0.2, 0.25) is 0 Å². The first-order chi connectivity index (χ1) is 27.0. The number of hydrogen-bond donors (Lipinski definition) is 3. The van der Waals surface area contributed by atoms with Crippen LogP contribution in [0.4, 0.5) is 4.79 Å². The van der Waals surface area contributed by atoms with Crippen molar-refractivity contribution < 1.29 is 41.8 Å². The Morgan fingerprint density at radius 2 is 1.72 bits per heavy atom. The highest BCUT2D eigenvalue weighted by Crippen LogP contribution is 2.44. The number of nitrogens with two attached hydrogens (primary N) is 2. The number of hydrogen-bond acceptors (Lipinski definition) is 12. The van der Waals surface area contributed by atoms with Crippen LogP contribution in [0.1, 0.15) is 33.6 Å². The second kappa shape index (κ2) is 16.0. The number of imide groups is 1. The quantitative estimate of drug-likeness (QED) is 0.138. The van der Waals surface area contributed by atoms with Crippen molar-refractivity contribution in [1.82, 2.24) is 19.5 Å². The number of likely N-dealkylation sites (tertiary alicyclic amines) is 1. The molecule has 1 aliphatic carbocycles. The van der Waals surface area contributed by atoms with Crippen molar-refractivity contribution in [3.63, 3.8) is 0 Å². The maximum atomic E-state index is 14.9. The number of methoxy groups -OCH3 is 1.